The predicted octanol–water partition coefficient (Wildman–Crippen LogP) is 2.03. The van der Waals surface area contributed by atoms with Crippen molar-refractivity contribution in [1.82, 2.24) is 5.32 Å². The van der Waals surface area contributed by atoms with E-state index in [1.54, 1.807) is 0 Å². The van der Waals surface area contributed by atoms with E-state index in [2.05, 4.69) is 5.32 Å². The minimum atomic E-state index is -0.464. The highest BCUT2D eigenvalue weighted by Gasteiger charge is 2.49. The zero-order valence-electron chi connectivity index (χ0n) is 12.0. The van der Waals surface area contributed by atoms with Crippen molar-refractivity contribution >= 4 is 5.91 Å². The topological polar surface area (TPSA) is 78.8 Å². The van der Waals surface area contributed by atoms with Crippen molar-refractivity contribution in [2.75, 3.05) is 6.61 Å². The maximum absolute atomic E-state index is 12.2. The van der Waals surface area contributed by atoms with Crippen LogP contribution >= 0.6 is 0 Å². The van der Waals surface area contributed by atoms with Crippen molar-refractivity contribution < 1.29 is 19.7 Å². The molecule has 2 unspecified atom stereocenters. The fraction of sp³-hybridized carbons (Fsp3) is 0.533. The van der Waals surface area contributed by atoms with Gasteiger partial charge in [-0.1, -0.05) is 19.9 Å². The zero-order chi connectivity index (χ0) is 14.9. The highest BCUT2D eigenvalue weighted by atomic mass is 16.5. The van der Waals surface area contributed by atoms with Crippen LogP contribution in [0.1, 0.15) is 37.6 Å². The molecule has 0 aliphatic heterocycles. The Morgan fingerprint density at radius 2 is 2.00 bits per heavy atom. The molecular weight excluding hydrogens is 258 g/mol. The molecule has 0 bridgehead atoms. The van der Waals surface area contributed by atoms with E-state index in [-0.39, 0.29) is 34.6 Å². The van der Waals surface area contributed by atoms with Gasteiger partial charge >= 0.3 is 0 Å². The number of hydrogen-bond donors (Lipinski definition) is 3. The molecule has 0 aromatic heterocycles. The van der Waals surface area contributed by atoms with E-state index in [1.165, 1.54) is 18.2 Å². The summed E-state index contributed by atoms with van der Waals surface area (Å²) in [5, 5.41) is 22.2. The van der Waals surface area contributed by atoms with Gasteiger partial charge in [-0.05, 0) is 25.5 Å². The third-order valence-corrected chi connectivity index (χ3v) is 4.10. The van der Waals surface area contributed by atoms with Gasteiger partial charge < -0.3 is 20.3 Å². The SMILES string of the molecule is CCOC1CC(NC(=O)c2c(O)cccc2O)C1(C)C. The Hall–Kier alpha value is -1.75. The first-order chi connectivity index (χ1) is 9.37. The van der Waals surface area contributed by atoms with E-state index in [0.717, 1.165) is 6.42 Å². The number of phenols is 2. The summed E-state index contributed by atoms with van der Waals surface area (Å²) in [6.07, 6.45) is 0.858. The third kappa shape index (κ3) is 2.45. The molecule has 5 nitrogen and oxygen atoms in total. The molecule has 1 aromatic rings. The number of amides is 1. The highest BCUT2D eigenvalue weighted by Crippen LogP contribution is 2.43. The fourth-order valence-electron chi connectivity index (χ4n) is 2.61. The minimum absolute atomic E-state index is 0.0365. The lowest BCUT2D eigenvalue weighted by Crippen LogP contribution is -2.62. The van der Waals surface area contributed by atoms with Crippen molar-refractivity contribution in [2.45, 2.75) is 39.3 Å². The quantitative estimate of drug-likeness (QED) is 0.788. The first kappa shape index (κ1) is 14.7. The number of aromatic hydroxyl groups is 2. The lowest BCUT2D eigenvalue weighted by molar-refractivity contribution is -0.111. The van der Waals surface area contributed by atoms with E-state index in [1.807, 2.05) is 20.8 Å². The Morgan fingerprint density at radius 3 is 2.50 bits per heavy atom. The predicted molar refractivity (Wildman–Crippen MR) is 74.8 cm³/mol. The second-order valence-electron chi connectivity index (χ2n) is 5.70. The fourth-order valence-corrected chi connectivity index (χ4v) is 2.61. The van der Waals surface area contributed by atoms with Gasteiger partial charge in [0.25, 0.3) is 5.91 Å². The second-order valence-corrected chi connectivity index (χ2v) is 5.70. The van der Waals surface area contributed by atoms with Gasteiger partial charge in [0, 0.05) is 18.1 Å². The maximum atomic E-state index is 12.2. The van der Waals surface area contributed by atoms with Crippen LogP contribution in [-0.2, 0) is 4.74 Å². The number of carbonyl (C=O) groups excluding carboxylic acids is 1. The van der Waals surface area contributed by atoms with E-state index in [0.29, 0.717) is 6.61 Å². The summed E-state index contributed by atoms with van der Waals surface area (Å²) in [6, 6.07) is 4.21. The van der Waals surface area contributed by atoms with Gasteiger partial charge in [-0.25, -0.2) is 0 Å². The molecule has 0 spiro atoms. The number of hydrogen-bond acceptors (Lipinski definition) is 4. The van der Waals surface area contributed by atoms with Crippen LogP contribution in [0, 0.1) is 5.41 Å². The standard InChI is InChI=1S/C15H21NO4/c1-4-20-12-8-11(15(12,2)3)16-14(19)13-9(17)6-5-7-10(13)18/h5-7,11-12,17-18H,4,8H2,1-3H3,(H,16,19). The highest BCUT2D eigenvalue weighted by molar-refractivity contribution is 5.99. The Bertz CT molecular complexity index is 492. The van der Waals surface area contributed by atoms with Crippen LogP contribution in [0.2, 0.25) is 0 Å². The molecule has 2 rings (SSSR count). The molecule has 1 aliphatic carbocycles. The summed E-state index contributed by atoms with van der Waals surface area (Å²) in [5.41, 5.74) is -0.241. The van der Waals surface area contributed by atoms with Crippen molar-refractivity contribution in [3.63, 3.8) is 0 Å². The minimum Gasteiger partial charge on any atom is -0.507 e. The lowest BCUT2D eigenvalue weighted by atomic mass is 9.64. The van der Waals surface area contributed by atoms with Gasteiger partial charge in [0.05, 0.1) is 6.10 Å². The molecular formula is C15H21NO4. The van der Waals surface area contributed by atoms with Crippen LogP contribution in [0.25, 0.3) is 0 Å². The Kier molecular flexibility index (Phi) is 3.90. The summed E-state index contributed by atoms with van der Waals surface area (Å²) in [4.78, 5) is 12.2. The van der Waals surface area contributed by atoms with Crippen LogP contribution < -0.4 is 5.32 Å². The van der Waals surface area contributed by atoms with Crippen molar-refractivity contribution in [3.8, 4) is 11.5 Å². The summed E-state index contributed by atoms with van der Waals surface area (Å²) < 4.78 is 5.61. The van der Waals surface area contributed by atoms with Gasteiger partial charge in [-0.15, -0.1) is 0 Å². The van der Waals surface area contributed by atoms with Gasteiger partial charge in [-0.3, -0.25) is 4.79 Å². The number of nitrogens with one attached hydrogen (secondary N) is 1. The Morgan fingerprint density at radius 1 is 1.40 bits per heavy atom. The molecule has 1 saturated carbocycles. The number of rotatable bonds is 4. The van der Waals surface area contributed by atoms with Crippen LogP contribution in [-0.4, -0.2) is 34.9 Å². The second kappa shape index (κ2) is 5.32. The maximum Gasteiger partial charge on any atom is 0.259 e. The molecule has 1 fully saturated rings. The van der Waals surface area contributed by atoms with Crippen LogP contribution in [0.15, 0.2) is 18.2 Å². The van der Waals surface area contributed by atoms with Crippen molar-refractivity contribution in [3.05, 3.63) is 23.8 Å². The van der Waals surface area contributed by atoms with Gasteiger partial charge in [0.2, 0.25) is 0 Å². The van der Waals surface area contributed by atoms with Crippen LogP contribution in [0.4, 0.5) is 0 Å². The van der Waals surface area contributed by atoms with Crippen LogP contribution in [0.3, 0.4) is 0 Å². The van der Waals surface area contributed by atoms with Gasteiger partial charge in [-0.2, -0.15) is 0 Å². The molecule has 20 heavy (non-hydrogen) atoms. The summed E-state index contributed by atoms with van der Waals surface area (Å²) in [6.45, 7) is 6.66. The van der Waals surface area contributed by atoms with E-state index < -0.39 is 5.91 Å². The van der Waals surface area contributed by atoms with Crippen molar-refractivity contribution in [2.24, 2.45) is 5.41 Å². The molecule has 1 aromatic carbocycles. The summed E-state index contributed by atoms with van der Waals surface area (Å²) in [5.74, 6) is -0.907. The Balaban J connectivity index is 2.07. The monoisotopic (exact) mass is 279 g/mol. The molecule has 3 N–H and O–H groups in total. The molecule has 0 radical (unpaired) electrons. The average molecular weight is 279 g/mol. The zero-order valence-corrected chi connectivity index (χ0v) is 12.0. The molecule has 0 saturated heterocycles. The van der Waals surface area contributed by atoms with Crippen LogP contribution in [0.5, 0.6) is 11.5 Å². The molecule has 110 valence electrons. The number of carbonyl (C=O) groups is 1. The van der Waals surface area contributed by atoms with E-state index >= 15 is 0 Å². The van der Waals surface area contributed by atoms with E-state index in [9.17, 15) is 15.0 Å². The summed E-state index contributed by atoms with van der Waals surface area (Å²) in [7, 11) is 0. The van der Waals surface area contributed by atoms with Crippen molar-refractivity contribution in [1.29, 1.82) is 0 Å². The number of benzene rings is 1. The Labute approximate surface area is 118 Å². The molecule has 1 aliphatic rings. The first-order valence-electron chi connectivity index (χ1n) is 6.81. The van der Waals surface area contributed by atoms with Gasteiger partial charge in [0.15, 0.2) is 0 Å². The number of phenolic OH excluding ortho intramolecular Hbond substituents is 2. The molecule has 0 heterocycles. The third-order valence-electron chi connectivity index (χ3n) is 4.10. The molecule has 2 atom stereocenters. The molecule has 1 amide bonds. The lowest BCUT2D eigenvalue weighted by Gasteiger charge is -2.51. The van der Waals surface area contributed by atoms with E-state index in [4.69, 9.17) is 4.74 Å². The first-order valence-corrected chi connectivity index (χ1v) is 6.81. The average Bonchev–Trinajstić information content (AvgIpc) is 2.37. The number of ether oxygens (including phenoxy) is 1. The molecule has 5 heteroatoms. The normalized spacial score (nSPS) is 23.9. The smallest absolute Gasteiger partial charge is 0.259 e. The van der Waals surface area contributed by atoms with Gasteiger partial charge in [0.1, 0.15) is 17.1 Å². The largest absolute Gasteiger partial charge is 0.507 e. The summed E-state index contributed by atoms with van der Waals surface area (Å²) >= 11 is 0.